The zero-order chi connectivity index (χ0) is 37.6. The molecule has 3 N–H and O–H groups in total. The van der Waals surface area contributed by atoms with Crippen LogP contribution in [0.25, 0.3) is 33.5 Å². The maximum absolute atomic E-state index is 14.4. The van der Waals surface area contributed by atoms with Crippen molar-refractivity contribution in [1.82, 2.24) is 25.2 Å². The van der Waals surface area contributed by atoms with Crippen LogP contribution in [0.5, 0.6) is 5.75 Å². The smallest absolute Gasteiger partial charge is 0.407 e. The number of hydrogen-bond donors (Lipinski definition) is 3. The summed E-state index contributed by atoms with van der Waals surface area (Å²) < 4.78 is 51.2. The first-order valence-electron chi connectivity index (χ1n) is 18.3. The summed E-state index contributed by atoms with van der Waals surface area (Å²) >= 11 is 0. The van der Waals surface area contributed by atoms with Crippen LogP contribution in [0.1, 0.15) is 57.8 Å². The molecule has 2 aliphatic heterocycles. The number of nitrogens with one attached hydrogen (secondary N) is 3. The number of carbonyl (C=O) groups is 4. The largest absolute Gasteiger partial charge is 0.484 e. The van der Waals surface area contributed by atoms with Crippen molar-refractivity contribution in [3.8, 4) is 17.2 Å². The lowest BCUT2D eigenvalue weighted by Crippen LogP contribution is -2.58. The van der Waals surface area contributed by atoms with E-state index < -0.39 is 68.7 Å². The molecule has 0 unspecified atom stereocenters. The van der Waals surface area contributed by atoms with Crippen LogP contribution in [0, 0.1) is 5.92 Å². The van der Waals surface area contributed by atoms with Gasteiger partial charge < -0.3 is 33.8 Å². The number of allylic oxidation sites excluding steroid dienone is 1. The highest BCUT2D eigenvalue weighted by Crippen LogP contribution is 2.46. The molecule has 0 radical (unpaired) electrons. The number of ether oxygens (including phenoxy) is 2. The van der Waals surface area contributed by atoms with Gasteiger partial charge in [0.1, 0.15) is 40.5 Å². The van der Waals surface area contributed by atoms with Crippen molar-refractivity contribution in [2.45, 2.75) is 86.8 Å². The highest BCUT2D eigenvalue weighted by atomic mass is 32.2. The Balaban J connectivity index is 1.14. The highest BCUT2D eigenvalue weighted by molar-refractivity contribution is 7.91. The number of furan rings is 2. The number of rotatable bonds is 7. The van der Waals surface area contributed by atoms with E-state index in [-0.39, 0.29) is 19.4 Å². The van der Waals surface area contributed by atoms with Crippen molar-refractivity contribution in [3.63, 3.8) is 0 Å². The molecule has 16 heteroatoms. The Morgan fingerprint density at radius 3 is 2.69 bits per heavy atom. The second-order valence-electron chi connectivity index (χ2n) is 14.4. The predicted molar refractivity (Wildman–Crippen MR) is 194 cm³/mol. The van der Waals surface area contributed by atoms with E-state index >= 15 is 0 Å². The Morgan fingerprint density at radius 1 is 1.07 bits per heavy atom. The van der Waals surface area contributed by atoms with Gasteiger partial charge in [-0.05, 0) is 62.8 Å². The molecule has 3 fully saturated rings. The SMILES string of the molecule is COC(=O)N[C@H]1CCCCC/C=C\[C@H]2C[C@@]2(C(=O)NS(=O)(=O)C2CC2)NC(=O)[C@@H]2C[C@@H](Oc3cc(-c4ccco4)nc4c3oc3ccccc34)CN2C1=O. The normalized spacial score (nSPS) is 26.9. The second-order valence-corrected chi connectivity index (χ2v) is 16.4. The zero-order valence-corrected chi connectivity index (χ0v) is 30.4. The Kier molecular flexibility index (Phi) is 9.32. The van der Waals surface area contributed by atoms with Gasteiger partial charge in [-0.3, -0.25) is 19.1 Å². The Morgan fingerprint density at radius 2 is 1.91 bits per heavy atom. The van der Waals surface area contributed by atoms with E-state index in [1.54, 1.807) is 18.2 Å². The van der Waals surface area contributed by atoms with Gasteiger partial charge >= 0.3 is 6.09 Å². The number of nitrogens with zero attached hydrogens (tertiary/aromatic N) is 2. The predicted octanol–water partition coefficient (Wildman–Crippen LogP) is 4.32. The van der Waals surface area contributed by atoms with Crippen LogP contribution in [-0.2, 0) is 29.1 Å². The third kappa shape index (κ3) is 6.90. The molecule has 0 spiro atoms. The number of amides is 4. The molecule has 15 nitrogen and oxygen atoms in total. The fourth-order valence-electron chi connectivity index (χ4n) is 7.52. The number of pyridine rings is 1. The minimum absolute atomic E-state index is 0.0151. The van der Waals surface area contributed by atoms with Crippen LogP contribution in [0.3, 0.4) is 0 Å². The van der Waals surface area contributed by atoms with Crippen molar-refractivity contribution < 1.29 is 45.9 Å². The molecule has 2 aliphatic carbocycles. The number of sulfonamides is 1. The summed E-state index contributed by atoms with van der Waals surface area (Å²) in [6, 6.07) is 10.5. The van der Waals surface area contributed by atoms with Gasteiger partial charge in [0.25, 0.3) is 5.91 Å². The van der Waals surface area contributed by atoms with Gasteiger partial charge in [0, 0.05) is 23.8 Å². The molecule has 284 valence electrons. The van der Waals surface area contributed by atoms with Crippen LogP contribution in [0.15, 0.2) is 69.7 Å². The number of hydrogen-bond acceptors (Lipinski definition) is 11. The van der Waals surface area contributed by atoms with Gasteiger partial charge in [-0.25, -0.2) is 18.2 Å². The molecule has 1 aromatic carbocycles. The number of fused-ring (bicyclic) bond motifs is 5. The number of benzene rings is 1. The molecular weight excluding hydrogens is 719 g/mol. The van der Waals surface area contributed by atoms with Gasteiger partial charge in [0.2, 0.25) is 21.8 Å². The quantitative estimate of drug-likeness (QED) is 0.227. The Hall–Kier alpha value is -5.38. The van der Waals surface area contributed by atoms with Crippen LogP contribution in [0.4, 0.5) is 4.79 Å². The van der Waals surface area contributed by atoms with E-state index in [4.69, 9.17) is 23.3 Å². The molecule has 0 bridgehead atoms. The monoisotopic (exact) mass is 759 g/mol. The summed E-state index contributed by atoms with van der Waals surface area (Å²) in [4.78, 5) is 61.1. The number of para-hydroxylation sites is 1. The zero-order valence-electron chi connectivity index (χ0n) is 29.6. The molecule has 5 heterocycles. The average molecular weight is 760 g/mol. The van der Waals surface area contributed by atoms with Crippen molar-refractivity contribution in [2.24, 2.45) is 5.92 Å². The maximum Gasteiger partial charge on any atom is 0.407 e. The van der Waals surface area contributed by atoms with E-state index in [9.17, 15) is 27.6 Å². The van der Waals surface area contributed by atoms with Crippen LogP contribution in [-0.4, -0.2) is 84.7 Å². The molecule has 4 aliphatic rings. The Labute approximate surface area is 310 Å². The van der Waals surface area contributed by atoms with E-state index in [1.165, 1.54) is 18.3 Å². The first-order valence-corrected chi connectivity index (χ1v) is 19.8. The lowest BCUT2D eigenvalue weighted by atomic mass is 10.1. The number of carbonyl (C=O) groups excluding carboxylic acids is 4. The molecule has 54 heavy (non-hydrogen) atoms. The molecular formula is C38H41N5O10S. The third-order valence-corrected chi connectivity index (χ3v) is 12.5. The molecule has 8 rings (SSSR count). The van der Waals surface area contributed by atoms with E-state index in [0.29, 0.717) is 66.0 Å². The van der Waals surface area contributed by atoms with Crippen molar-refractivity contribution in [3.05, 3.63) is 60.9 Å². The number of alkyl carbamates (subject to hydrolysis) is 1. The van der Waals surface area contributed by atoms with Gasteiger partial charge in [0.05, 0.1) is 25.2 Å². The summed E-state index contributed by atoms with van der Waals surface area (Å²) in [7, 11) is -2.69. The van der Waals surface area contributed by atoms with Gasteiger partial charge in [-0.15, -0.1) is 0 Å². The molecule has 4 amide bonds. The van der Waals surface area contributed by atoms with Crippen molar-refractivity contribution >= 4 is 55.9 Å². The topological polar surface area (TPSA) is 199 Å². The summed E-state index contributed by atoms with van der Waals surface area (Å²) in [5.41, 5.74) is 0.473. The number of methoxy groups -OCH3 is 1. The molecule has 2 saturated carbocycles. The lowest BCUT2D eigenvalue weighted by Gasteiger charge is -2.29. The van der Waals surface area contributed by atoms with Crippen LogP contribution >= 0.6 is 0 Å². The minimum atomic E-state index is -3.90. The second kappa shape index (κ2) is 14.1. The molecule has 1 saturated heterocycles. The summed E-state index contributed by atoms with van der Waals surface area (Å²) in [5, 5.41) is 5.64. The van der Waals surface area contributed by atoms with Crippen molar-refractivity contribution in [2.75, 3.05) is 13.7 Å². The third-order valence-electron chi connectivity index (χ3n) is 10.7. The van der Waals surface area contributed by atoms with Crippen LogP contribution < -0.4 is 20.1 Å². The van der Waals surface area contributed by atoms with E-state index in [0.717, 1.165) is 18.2 Å². The fraction of sp³-hybridized carbons (Fsp3) is 0.447. The van der Waals surface area contributed by atoms with Gasteiger partial charge in [-0.2, -0.15) is 0 Å². The first-order chi connectivity index (χ1) is 26.1. The van der Waals surface area contributed by atoms with E-state index in [1.807, 2.05) is 36.4 Å². The molecule has 5 atom stereocenters. The summed E-state index contributed by atoms with van der Waals surface area (Å²) in [6.45, 7) is -0.0466. The Bertz CT molecular complexity index is 2250. The lowest BCUT2D eigenvalue weighted by molar-refractivity contribution is -0.141. The van der Waals surface area contributed by atoms with E-state index in [2.05, 4.69) is 15.4 Å². The minimum Gasteiger partial charge on any atom is -0.484 e. The van der Waals surface area contributed by atoms with Gasteiger partial charge in [-0.1, -0.05) is 37.1 Å². The molecule has 4 aromatic rings. The standard InChI is InChI=1S/C38H41N5O10S/c1-50-37(47)40-26-12-6-4-2-3-5-10-22-20-38(22,36(46)42-54(48,49)24-15-16-24)41-34(44)28-18-23(21-43(28)35(26)45)52-31-19-27(30-14-9-17-51-30)39-32-25-11-7-8-13-29(25)53-33(31)32/h5,7-11,13-14,17,19,22-24,26,28H,2-4,6,12,15-16,18,20-21H2,1H3,(H,40,47)(H,41,44)(H,42,46)/b10-5-/t22-,23+,26-,28-,38+/m0/s1. The highest BCUT2D eigenvalue weighted by Gasteiger charge is 2.62. The molecule has 3 aromatic heterocycles. The summed E-state index contributed by atoms with van der Waals surface area (Å²) in [6.07, 6.45) is 8.09. The average Bonchev–Trinajstić information content (AvgIpc) is 3.95. The summed E-state index contributed by atoms with van der Waals surface area (Å²) in [5.74, 6) is -1.58. The van der Waals surface area contributed by atoms with Crippen LogP contribution in [0.2, 0.25) is 0 Å². The van der Waals surface area contributed by atoms with Gasteiger partial charge in [0.15, 0.2) is 17.1 Å². The number of aromatic nitrogens is 1. The first kappa shape index (κ1) is 35.6. The fourth-order valence-corrected chi connectivity index (χ4v) is 8.88. The van der Waals surface area contributed by atoms with Crippen molar-refractivity contribution in [1.29, 1.82) is 0 Å². The maximum atomic E-state index is 14.4.